The second-order valence-electron chi connectivity index (χ2n) is 7.14. The van der Waals surface area contributed by atoms with Gasteiger partial charge in [-0.3, -0.25) is 9.79 Å². The molecule has 0 aliphatic carbocycles. The third-order valence-corrected chi connectivity index (χ3v) is 5.18. The van der Waals surface area contributed by atoms with Crippen LogP contribution in [0.4, 0.5) is 0 Å². The predicted molar refractivity (Wildman–Crippen MR) is 118 cm³/mol. The number of nitrogens with zero attached hydrogens (tertiary/aromatic N) is 1. The number of carbonyl (C=O) groups is 3. The quantitative estimate of drug-likeness (QED) is 0.494. The molecule has 166 valence electrons. The first-order chi connectivity index (χ1) is 14.8. The van der Waals surface area contributed by atoms with Crippen LogP contribution in [0, 0.1) is 5.92 Å². The number of benzene rings is 1. The molecule has 2 atom stereocenters. The lowest BCUT2D eigenvalue weighted by atomic mass is 9.74. The summed E-state index contributed by atoms with van der Waals surface area (Å²) >= 11 is 0. The molecule has 1 aromatic carbocycles. The van der Waals surface area contributed by atoms with E-state index in [-0.39, 0.29) is 24.4 Å². The Morgan fingerprint density at radius 1 is 1.06 bits per heavy atom. The Hall–Kier alpha value is -3.22. The van der Waals surface area contributed by atoms with Gasteiger partial charge in [0.15, 0.2) is 0 Å². The van der Waals surface area contributed by atoms with E-state index in [1.54, 1.807) is 65.0 Å². The van der Waals surface area contributed by atoms with Crippen molar-refractivity contribution >= 4 is 29.7 Å². The van der Waals surface area contributed by atoms with Crippen LogP contribution in [0.2, 0.25) is 0 Å². The number of aliphatic carboxylic acids is 1. The zero-order chi connectivity index (χ0) is 23.1. The number of rotatable bonds is 8. The molecule has 7 nitrogen and oxygen atoms in total. The number of carbonyl (C=O) groups excluding carboxylic acids is 2. The lowest BCUT2D eigenvalue weighted by Gasteiger charge is -2.32. The number of hydrogen-bond donors (Lipinski definition) is 1. The molecule has 1 aromatic rings. The number of ether oxygens (including phenoxy) is 2. The normalized spacial score (nSPS) is 19.0. The van der Waals surface area contributed by atoms with Gasteiger partial charge < -0.3 is 14.6 Å². The van der Waals surface area contributed by atoms with E-state index in [9.17, 15) is 19.5 Å². The Morgan fingerprint density at radius 3 is 2.29 bits per heavy atom. The van der Waals surface area contributed by atoms with Gasteiger partial charge in [0.05, 0.1) is 18.8 Å². The molecule has 31 heavy (non-hydrogen) atoms. The van der Waals surface area contributed by atoms with Crippen LogP contribution < -0.4 is 0 Å². The highest BCUT2D eigenvalue weighted by Gasteiger charge is 2.43. The van der Waals surface area contributed by atoms with Crippen molar-refractivity contribution in [3.63, 3.8) is 0 Å². The molecule has 1 N–H and O–H groups in total. The number of aliphatic imine (C=N–C) groups is 1. The maximum absolute atomic E-state index is 12.9. The van der Waals surface area contributed by atoms with Gasteiger partial charge in [-0.15, -0.1) is 0 Å². The highest BCUT2D eigenvalue weighted by atomic mass is 16.5. The Kier molecular flexibility index (Phi) is 8.30. The second kappa shape index (κ2) is 10.7. The molecule has 1 aliphatic rings. The molecule has 0 fully saturated rings. The van der Waals surface area contributed by atoms with Crippen molar-refractivity contribution in [3.8, 4) is 0 Å². The lowest BCUT2D eigenvalue weighted by molar-refractivity contribution is -0.146. The Balaban J connectivity index is 2.78. The summed E-state index contributed by atoms with van der Waals surface area (Å²) in [5.74, 6) is -3.60. The van der Waals surface area contributed by atoms with Crippen molar-refractivity contribution in [2.24, 2.45) is 10.9 Å². The van der Waals surface area contributed by atoms with Gasteiger partial charge in [-0.05, 0) is 51.3 Å². The SMILES string of the molecule is CCOC(=O)C1=C(C)N=C(C)C(C(=O)OCC)C1c1ccccc1C=C(CC)C(=O)O. The predicted octanol–water partition coefficient (Wildman–Crippen LogP) is 4.14. The minimum atomic E-state index is -1.02. The fraction of sp³-hybridized carbons (Fsp3) is 0.417. The first kappa shape index (κ1) is 24.1. The van der Waals surface area contributed by atoms with E-state index in [0.717, 1.165) is 0 Å². The topological polar surface area (TPSA) is 102 Å². The van der Waals surface area contributed by atoms with Gasteiger partial charge in [-0.2, -0.15) is 0 Å². The highest BCUT2D eigenvalue weighted by molar-refractivity contribution is 6.07. The summed E-state index contributed by atoms with van der Waals surface area (Å²) in [5, 5.41) is 9.50. The van der Waals surface area contributed by atoms with Crippen LogP contribution >= 0.6 is 0 Å². The number of allylic oxidation sites excluding steroid dienone is 1. The molecular weight excluding hydrogens is 398 g/mol. The van der Waals surface area contributed by atoms with E-state index in [4.69, 9.17) is 9.47 Å². The summed E-state index contributed by atoms with van der Waals surface area (Å²) in [5.41, 5.74) is 2.75. The van der Waals surface area contributed by atoms with Crippen LogP contribution in [0.15, 0.2) is 46.1 Å². The van der Waals surface area contributed by atoms with Crippen LogP contribution in [0.5, 0.6) is 0 Å². The van der Waals surface area contributed by atoms with Crippen molar-refractivity contribution in [2.75, 3.05) is 13.2 Å². The molecule has 0 bridgehead atoms. The van der Waals surface area contributed by atoms with Gasteiger partial charge in [-0.1, -0.05) is 31.2 Å². The maximum atomic E-state index is 12.9. The molecule has 2 rings (SSSR count). The summed E-state index contributed by atoms with van der Waals surface area (Å²) in [6, 6.07) is 7.15. The molecule has 0 radical (unpaired) electrons. The van der Waals surface area contributed by atoms with Crippen LogP contribution in [-0.2, 0) is 23.9 Å². The van der Waals surface area contributed by atoms with E-state index in [0.29, 0.717) is 29.0 Å². The molecule has 2 unspecified atom stereocenters. The third kappa shape index (κ3) is 5.29. The van der Waals surface area contributed by atoms with Crippen molar-refractivity contribution in [1.29, 1.82) is 0 Å². The molecule has 0 aromatic heterocycles. The van der Waals surface area contributed by atoms with E-state index in [1.165, 1.54) is 0 Å². The van der Waals surface area contributed by atoms with E-state index in [1.807, 2.05) is 0 Å². The van der Waals surface area contributed by atoms with Gasteiger partial charge in [0, 0.05) is 22.9 Å². The fourth-order valence-electron chi connectivity index (χ4n) is 3.81. The Morgan fingerprint density at radius 2 is 1.71 bits per heavy atom. The zero-order valence-electron chi connectivity index (χ0n) is 18.6. The monoisotopic (exact) mass is 427 g/mol. The smallest absolute Gasteiger partial charge is 0.336 e. The zero-order valence-corrected chi connectivity index (χ0v) is 18.6. The number of carboxylic acids is 1. The maximum Gasteiger partial charge on any atom is 0.336 e. The number of esters is 2. The molecule has 7 heteroatoms. The van der Waals surface area contributed by atoms with E-state index < -0.39 is 29.7 Å². The van der Waals surface area contributed by atoms with Crippen molar-refractivity contribution in [1.82, 2.24) is 0 Å². The molecule has 1 aliphatic heterocycles. The summed E-state index contributed by atoms with van der Waals surface area (Å²) in [4.78, 5) is 41.9. The van der Waals surface area contributed by atoms with Crippen LogP contribution in [0.25, 0.3) is 6.08 Å². The molecule has 0 spiro atoms. The Bertz CT molecular complexity index is 957. The van der Waals surface area contributed by atoms with Gasteiger partial charge in [0.2, 0.25) is 0 Å². The second-order valence-corrected chi connectivity index (χ2v) is 7.14. The van der Waals surface area contributed by atoms with Crippen LogP contribution in [0.3, 0.4) is 0 Å². The van der Waals surface area contributed by atoms with Crippen molar-refractivity contribution in [3.05, 3.63) is 52.2 Å². The summed E-state index contributed by atoms with van der Waals surface area (Å²) in [6.07, 6.45) is 1.91. The van der Waals surface area contributed by atoms with E-state index >= 15 is 0 Å². The standard InChI is InChI=1S/C24H29NO6/c1-6-16(22(26)27)13-17-11-9-10-12-18(17)21-19(23(28)30-7-2)14(4)25-15(5)20(21)24(29)31-8-3/h9-13,19,21H,6-8H2,1-5H3,(H,26,27). The highest BCUT2D eigenvalue weighted by Crippen LogP contribution is 2.41. The minimum Gasteiger partial charge on any atom is -0.478 e. The van der Waals surface area contributed by atoms with Crippen LogP contribution in [-0.4, -0.2) is 41.9 Å². The van der Waals surface area contributed by atoms with Gasteiger partial charge in [0.25, 0.3) is 0 Å². The van der Waals surface area contributed by atoms with Gasteiger partial charge in [0.1, 0.15) is 5.92 Å². The molecule has 0 saturated carbocycles. The van der Waals surface area contributed by atoms with Crippen LogP contribution in [0.1, 0.15) is 58.1 Å². The third-order valence-electron chi connectivity index (χ3n) is 5.18. The van der Waals surface area contributed by atoms with Gasteiger partial charge in [-0.25, -0.2) is 9.59 Å². The van der Waals surface area contributed by atoms with E-state index in [2.05, 4.69) is 4.99 Å². The van der Waals surface area contributed by atoms with Crippen molar-refractivity contribution < 1.29 is 29.0 Å². The number of hydrogen-bond acceptors (Lipinski definition) is 6. The first-order valence-corrected chi connectivity index (χ1v) is 10.4. The van der Waals surface area contributed by atoms with Gasteiger partial charge >= 0.3 is 17.9 Å². The molecular formula is C24H29NO6. The molecule has 1 heterocycles. The molecule has 0 saturated heterocycles. The largest absolute Gasteiger partial charge is 0.478 e. The lowest BCUT2D eigenvalue weighted by Crippen LogP contribution is -2.37. The first-order valence-electron chi connectivity index (χ1n) is 10.4. The van der Waals surface area contributed by atoms with Crippen molar-refractivity contribution in [2.45, 2.75) is 47.0 Å². The average molecular weight is 427 g/mol. The molecule has 0 amide bonds. The fourth-order valence-corrected chi connectivity index (χ4v) is 3.81. The summed E-state index contributed by atoms with van der Waals surface area (Å²) in [6.45, 7) is 8.98. The number of carboxylic acid groups (broad SMARTS) is 1. The average Bonchev–Trinajstić information content (AvgIpc) is 2.71. The minimum absolute atomic E-state index is 0.176. The summed E-state index contributed by atoms with van der Waals surface area (Å²) in [7, 11) is 0. The Labute approximate surface area is 182 Å². The summed E-state index contributed by atoms with van der Waals surface area (Å²) < 4.78 is 10.6.